The first-order valence-electron chi connectivity index (χ1n) is 6.69. The van der Waals surface area contributed by atoms with E-state index in [1.807, 2.05) is 0 Å². The van der Waals surface area contributed by atoms with Crippen LogP contribution in [-0.2, 0) is 0 Å². The van der Waals surface area contributed by atoms with E-state index in [2.05, 4.69) is 24.5 Å². The number of nitrogens with one attached hydrogen (secondary N) is 3. The van der Waals surface area contributed by atoms with Crippen molar-refractivity contribution in [1.29, 1.82) is 0 Å². The molecule has 0 aliphatic heterocycles. The molecule has 0 amide bonds. The van der Waals surface area contributed by atoms with Gasteiger partial charge in [0, 0.05) is 17.8 Å². The molecule has 0 saturated carbocycles. The first kappa shape index (κ1) is 16.3. The predicted octanol–water partition coefficient (Wildman–Crippen LogP) is 0.806. The molecule has 0 fully saturated rings. The highest BCUT2D eigenvalue weighted by molar-refractivity contribution is 7.80. The normalized spacial score (nSPS) is 10.3. The van der Waals surface area contributed by atoms with Crippen molar-refractivity contribution in [1.82, 2.24) is 5.32 Å². The second-order valence-electron chi connectivity index (χ2n) is 4.39. The van der Waals surface area contributed by atoms with Crippen molar-refractivity contribution in [2.75, 3.05) is 31.5 Å². The lowest BCUT2D eigenvalue weighted by Gasteiger charge is -2.16. The lowest BCUT2D eigenvalue weighted by Crippen LogP contribution is -3.12. The number of hydrogen-bond acceptors (Lipinski definition) is 3. The van der Waals surface area contributed by atoms with Crippen molar-refractivity contribution < 1.29 is 9.82 Å². The predicted molar refractivity (Wildman–Crippen MR) is 84.2 cm³/mol. The molecule has 0 aromatic heterocycles. The van der Waals surface area contributed by atoms with Crippen LogP contribution >= 0.6 is 12.2 Å². The minimum atomic E-state index is -0.423. The van der Waals surface area contributed by atoms with E-state index in [1.165, 1.54) is 17.0 Å². The number of anilines is 1. The molecule has 110 valence electrons. The molecule has 0 aliphatic carbocycles. The van der Waals surface area contributed by atoms with E-state index in [-0.39, 0.29) is 5.69 Å². The molecule has 0 aliphatic rings. The van der Waals surface area contributed by atoms with Gasteiger partial charge in [-0.2, -0.15) is 0 Å². The van der Waals surface area contributed by atoms with Gasteiger partial charge in [-0.3, -0.25) is 10.1 Å². The third-order valence-electron chi connectivity index (χ3n) is 3.10. The molecule has 1 aromatic rings. The number of thiocarbonyl (C=S) groups is 1. The zero-order valence-corrected chi connectivity index (χ0v) is 12.6. The summed E-state index contributed by atoms with van der Waals surface area (Å²) in [5.74, 6) is 0. The molecule has 0 radical (unpaired) electrons. The molecular formula is C13H21N4O2S+. The number of nitro groups is 1. The highest BCUT2D eigenvalue weighted by Gasteiger charge is 2.05. The van der Waals surface area contributed by atoms with Gasteiger partial charge in [-0.1, -0.05) is 0 Å². The molecule has 7 heteroatoms. The van der Waals surface area contributed by atoms with E-state index >= 15 is 0 Å². The smallest absolute Gasteiger partial charge is 0.269 e. The molecule has 20 heavy (non-hydrogen) atoms. The summed E-state index contributed by atoms with van der Waals surface area (Å²) in [5, 5.41) is 17.2. The van der Waals surface area contributed by atoms with Crippen LogP contribution in [0.3, 0.4) is 0 Å². The maximum Gasteiger partial charge on any atom is 0.269 e. The van der Waals surface area contributed by atoms with Gasteiger partial charge in [0.1, 0.15) is 0 Å². The Morgan fingerprint density at radius 2 is 1.90 bits per heavy atom. The summed E-state index contributed by atoms with van der Waals surface area (Å²) >= 11 is 5.18. The number of hydrogen-bond donors (Lipinski definition) is 3. The molecule has 0 spiro atoms. The zero-order chi connectivity index (χ0) is 15.0. The van der Waals surface area contributed by atoms with Crippen LogP contribution in [0.5, 0.6) is 0 Å². The van der Waals surface area contributed by atoms with Gasteiger partial charge in [0.25, 0.3) is 5.69 Å². The highest BCUT2D eigenvalue weighted by atomic mass is 32.1. The molecule has 0 saturated heterocycles. The third-order valence-corrected chi connectivity index (χ3v) is 3.35. The van der Waals surface area contributed by atoms with E-state index in [0.717, 1.165) is 31.9 Å². The standard InChI is InChI=1S/C13H20N4O2S/c1-3-16(4-2)10-9-14-13(20)15-11-5-7-12(8-6-11)17(18)19/h5-8H,3-4,9-10H2,1-2H3,(H2,14,15,20)/p+1. The minimum absolute atomic E-state index is 0.0690. The van der Waals surface area contributed by atoms with Crippen molar-refractivity contribution in [2.45, 2.75) is 13.8 Å². The summed E-state index contributed by atoms with van der Waals surface area (Å²) in [6, 6.07) is 6.18. The Hall–Kier alpha value is -1.73. The van der Waals surface area contributed by atoms with Crippen molar-refractivity contribution >= 4 is 28.7 Å². The molecule has 0 bridgehead atoms. The zero-order valence-electron chi connectivity index (χ0n) is 11.8. The quantitative estimate of drug-likeness (QED) is 0.395. The van der Waals surface area contributed by atoms with Crippen LogP contribution in [-0.4, -0.2) is 36.2 Å². The second-order valence-corrected chi connectivity index (χ2v) is 4.80. The molecule has 0 atom stereocenters. The van der Waals surface area contributed by atoms with Crippen molar-refractivity contribution in [3.05, 3.63) is 34.4 Å². The van der Waals surface area contributed by atoms with Crippen LogP contribution < -0.4 is 15.5 Å². The summed E-state index contributed by atoms with van der Waals surface area (Å²) in [6.07, 6.45) is 0. The number of likely N-dealkylation sites (N-methyl/N-ethyl adjacent to an activating group) is 1. The van der Waals surface area contributed by atoms with E-state index in [9.17, 15) is 10.1 Å². The van der Waals surface area contributed by atoms with Gasteiger partial charge in [0.05, 0.1) is 31.1 Å². The van der Waals surface area contributed by atoms with Crippen molar-refractivity contribution in [3.63, 3.8) is 0 Å². The highest BCUT2D eigenvalue weighted by Crippen LogP contribution is 2.14. The number of rotatable bonds is 7. The molecule has 0 unspecified atom stereocenters. The van der Waals surface area contributed by atoms with Gasteiger partial charge < -0.3 is 15.5 Å². The summed E-state index contributed by atoms with van der Waals surface area (Å²) in [6.45, 7) is 8.32. The Morgan fingerprint density at radius 1 is 1.30 bits per heavy atom. The van der Waals surface area contributed by atoms with Crippen LogP contribution in [0.15, 0.2) is 24.3 Å². The van der Waals surface area contributed by atoms with E-state index < -0.39 is 4.92 Å². The Kier molecular flexibility index (Phi) is 6.89. The number of nitro benzene ring substituents is 1. The monoisotopic (exact) mass is 297 g/mol. The molecule has 0 heterocycles. The van der Waals surface area contributed by atoms with Crippen LogP contribution in [0.25, 0.3) is 0 Å². The molecule has 3 N–H and O–H groups in total. The number of nitrogens with zero attached hydrogens (tertiary/aromatic N) is 1. The summed E-state index contributed by atoms with van der Waals surface area (Å²) in [7, 11) is 0. The van der Waals surface area contributed by atoms with Gasteiger partial charge in [-0.15, -0.1) is 0 Å². The van der Waals surface area contributed by atoms with E-state index in [0.29, 0.717) is 5.11 Å². The fourth-order valence-corrected chi connectivity index (χ4v) is 2.02. The Morgan fingerprint density at radius 3 is 2.40 bits per heavy atom. The summed E-state index contributed by atoms with van der Waals surface area (Å²) in [5.41, 5.74) is 0.808. The maximum absolute atomic E-state index is 10.5. The Labute approximate surface area is 124 Å². The minimum Gasteiger partial charge on any atom is -0.357 e. The molecule has 1 rings (SSSR count). The van der Waals surface area contributed by atoms with Gasteiger partial charge in [0.2, 0.25) is 0 Å². The third kappa shape index (κ3) is 5.50. The fraction of sp³-hybridized carbons (Fsp3) is 0.462. The van der Waals surface area contributed by atoms with Crippen molar-refractivity contribution in [2.24, 2.45) is 0 Å². The second kappa shape index (κ2) is 8.44. The SMILES string of the molecule is CC[NH+](CC)CCNC(=S)Nc1ccc([N+](=O)[O-])cc1. The maximum atomic E-state index is 10.5. The lowest BCUT2D eigenvalue weighted by atomic mass is 10.3. The van der Waals surface area contributed by atoms with Crippen molar-refractivity contribution in [3.8, 4) is 0 Å². The average Bonchev–Trinajstić information content (AvgIpc) is 2.44. The topological polar surface area (TPSA) is 71.6 Å². The Bertz CT molecular complexity index is 446. The molecule has 1 aromatic carbocycles. The fourth-order valence-electron chi connectivity index (χ4n) is 1.80. The van der Waals surface area contributed by atoms with Gasteiger partial charge in [0.15, 0.2) is 5.11 Å². The molecule has 6 nitrogen and oxygen atoms in total. The van der Waals surface area contributed by atoms with Crippen LogP contribution in [0.1, 0.15) is 13.8 Å². The van der Waals surface area contributed by atoms with E-state index in [4.69, 9.17) is 12.2 Å². The van der Waals surface area contributed by atoms with Gasteiger partial charge >= 0.3 is 0 Å². The number of benzene rings is 1. The average molecular weight is 297 g/mol. The van der Waals surface area contributed by atoms with Crippen LogP contribution in [0, 0.1) is 10.1 Å². The number of non-ortho nitro benzene ring substituents is 1. The Balaban J connectivity index is 2.37. The summed E-state index contributed by atoms with van der Waals surface area (Å²) in [4.78, 5) is 11.6. The van der Waals surface area contributed by atoms with Gasteiger partial charge in [-0.05, 0) is 38.2 Å². The van der Waals surface area contributed by atoms with E-state index in [1.54, 1.807) is 12.1 Å². The summed E-state index contributed by atoms with van der Waals surface area (Å²) < 4.78 is 0. The molecular weight excluding hydrogens is 276 g/mol. The van der Waals surface area contributed by atoms with Crippen LogP contribution in [0.4, 0.5) is 11.4 Å². The first-order chi connectivity index (χ1) is 9.56. The van der Waals surface area contributed by atoms with Crippen LogP contribution in [0.2, 0.25) is 0 Å². The van der Waals surface area contributed by atoms with Gasteiger partial charge in [-0.25, -0.2) is 0 Å². The number of quaternary nitrogens is 1. The largest absolute Gasteiger partial charge is 0.357 e. The lowest BCUT2D eigenvalue weighted by molar-refractivity contribution is -0.895. The first-order valence-corrected chi connectivity index (χ1v) is 7.10.